The van der Waals surface area contributed by atoms with Gasteiger partial charge in [0.05, 0.1) is 6.54 Å². The molecule has 0 saturated heterocycles. The van der Waals surface area contributed by atoms with Crippen LogP contribution in [0.3, 0.4) is 0 Å². The highest BCUT2D eigenvalue weighted by Gasteiger charge is 2.14. The van der Waals surface area contributed by atoms with E-state index in [0.717, 1.165) is 13.1 Å². The number of hydrogen-bond acceptors (Lipinski definition) is 2. The van der Waals surface area contributed by atoms with Crippen LogP contribution in [0.2, 0.25) is 0 Å². The van der Waals surface area contributed by atoms with Gasteiger partial charge in [-0.2, -0.15) is 0 Å². The normalized spacial score (nSPS) is 11.5. The second-order valence-corrected chi connectivity index (χ2v) is 4.17. The zero-order valence-electron chi connectivity index (χ0n) is 9.48. The van der Waals surface area contributed by atoms with E-state index in [4.69, 9.17) is 0 Å². The van der Waals surface area contributed by atoms with Crippen molar-refractivity contribution in [3.05, 3.63) is 0 Å². The Morgan fingerprint density at radius 1 is 1.23 bits per heavy atom. The van der Waals surface area contributed by atoms with Gasteiger partial charge in [-0.3, -0.25) is 4.79 Å². The van der Waals surface area contributed by atoms with Crippen LogP contribution in [0.5, 0.6) is 0 Å². The van der Waals surface area contributed by atoms with Crippen molar-refractivity contribution in [1.29, 1.82) is 0 Å². The molecule has 0 unspecified atom stereocenters. The smallest absolute Gasteiger partial charge is 0.236 e. The fourth-order valence-electron chi connectivity index (χ4n) is 1.03. The van der Waals surface area contributed by atoms with E-state index in [1.165, 1.54) is 0 Å². The Labute approximate surface area is 81.5 Å². The minimum absolute atomic E-state index is 0.0167. The van der Waals surface area contributed by atoms with Crippen molar-refractivity contribution in [1.82, 2.24) is 10.2 Å². The van der Waals surface area contributed by atoms with Crippen molar-refractivity contribution in [3.8, 4) is 0 Å². The molecular formula is C10H22N2O. The third-order valence-corrected chi connectivity index (χ3v) is 1.89. The van der Waals surface area contributed by atoms with Gasteiger partial charge in [-0.25, -0.2) is 0 Å². The number of amides is 1. The number of nitrogens with one attached hydrogen (secondary N) is 1. The first-order valence-corrected chi connectivity index (χ1v) is 4.93. The first kappa shape index (κ1) is 12.4. The summed E-state index contributed by atoms with van der Waals surface area (Å²) in [4.78, 5) is 13.3. The Kier molecular flexibility index (Phi) is 4.99. The van der Waals surface area contributed by atoms with Gasteiger partial charge in [0.25, 0.3) is 0 Å². The summed E-state index contributed by atoms with van der Waals surface area (Å²) in [6, 6.07) is 0. The number of hydrogen-bond donors (Lipinski definition) is 1. The van der Waals surface area contributed by atoms with Crippen LogP contribution in [0.4, 0.5) is 0 Å². The van der Waals surface area contributed by atoms with Gasteiger partial charge >= 0.3 is 0 Å². The molecule has 0 atom stereocenters. The number of nitrogens with zero attached hydrogens (tertiary/aromatic N) is 1. The van der Waals surface area contributed by atoms with Gasteiger partial charge in [-0.05, 0) is 34.6 Å². The predicted molar refractivity (Wildman–Crippen MR) is 55.7 cm³/mol. The SMILES string of the molecule is CCN(CC)C(=O)CNC(C)(C)C. The molecule has 0 aromatic heterocycles. The van der Waals surface area contributed by atoms with Crippen LogP contribution in [-0.2, 0) is 4.79 Å². The zero-order valence-corrected chi connectivity index (χ0v) is 9.48. The topological polar surface area (TPSA) is 32.3 Å². The molecule has 0 bridgehead atoms. The fraction of sp³-hybridized carbons (Fsp3) is 0.900. The summed E-state index contributed by atoms with van der Waals surface area (Å²) < 4.78 is 0. The Morgan fingerprint density at radius 2 is 1.69 bits per heavy atom. The third kappa shape index (κ3) is 5.64. The van der Waals surface area contributed by atoms with Gasteiger partial charge < -0.3 is 10.2 Å². The fourth-order valence-corrected chi connectivity index (χ4v) is 1.03. The molecule has 13 heavy (non-hydrogen) atoms. The summed E-state index contributed by atoms with van der Waals surface area (Å²) >= 11 is 0. The van der Waals surface area contributed by atoms with Gasteiger partial charge in [0, 0.05) is 18.6 Å². The van der Waals surface area contributed by atoms with Crippen molar-refractivity contribution in [2.45, 2.75) is 40.2 Å². The monoisotopic (exact) mass is 186 g/mol. The van der Waals surface area contributed by atoms with E-state index >= 15 is 0 Å². The molecule has 0 aliphatic carbocycles. The van der Waals surface area contributed by atoms with Crippen LogP contribution in [0.15, 0.2) is 0 Å². The molecule has 78 valence electrons. The molecule has 0 rings (SSSR count). The second-order valence-electron chi connectivity index (χ2n) is 4.17. The van der Waals surface area contributed by atoms with Crippen molar-refractivity contribution in [2.75, 3.05) is 19.6 Å². The minimum atomic E-state index is 0.0167. The number of likely N-dealkylation sites (N-methyl/N-ethyl adjacent to an activating group) is 1. The summed E-state index contributed by atoms with van der Waals surface area (Å²) in [6.45, 7) is 12.2. The lowest BCUT2D eigenvalue weighted by Crippen LogP contribution is -2.44. The van der Waals surface area contributed by atoms with Crippen molar-refractivity contribution in [2.24, 2.45) is 0 Å². The van der Waals surface area contributed by atoms with E-state index in [0.29, 0.717) is 6.54 Å². The van der Waals surface area contributed by atoms with Crippen LogP contribution >= 0.6 is 0 Å². The molecule has 0 fully saturated rings. The van der Waals surface area contributed by atoms with Gasteiger partial charge in [0.1, 0.15) is 0 Å². The Bertz CT molecular complexity index is 157. The van der Waals surface area contributed by atoms with E-state index in [1.807, 2.05) is 18.7 Å². The molecular weight excluding hydrogens is 164 g/mol. The quantitative estimate of drug-likeness (QED) is 0.716. The maximum Gasteiger partial charge on any atom is 0.236 e. The van der Waals surface area contributed by atoms with Gasteiger partial charge in [-0.15, -0.1) is 0 Å². The van der Waals surface area contributed by atoms with Gasteiger partial charge in [-0.1, -0.05) is 0 Å². The number of carbonyl (C=O) groups excluding carboxylic acids is 1. The highest BCUT2D eigenvalue weighted by Crippen LogP contribution is 1.98. The first-order chi connectivity index (χ1) is 5.90. The van der Waals surface area contributed by atoms with Crippen molar-refractivity contribution in [3.63, 3.8) is 0 Å². The second kappa shape index (κ2) is 5.22. The number of rotatable bonds is 4. The molecule has 3 heteroatoms. The van der Waals surface area contributed by atoms with E-state index in [2.05, 4.69) is 26.1 Å². The Morgan fingerprint density at radius 3 is 2.00 bits per heavy atom. The molecule has 0 radical (unpaired) electrons. The maximum absolute atomic E-state index is 11.5. The van der Waals surface area contributed by atoms with E-state index in [-0.39, 0.29) is 11.4 Å². The molecule has 1 amide bonds. The van der Waals surface area contributed by atoms with Crippen LogP contribution in [0, 0.1) is 0 Å². The average Bonchev–Trinajstić information content (AvgIpc) is 2.02. The van der Waals surface area contributed by atoms with E-state index < -0.39 is 0 Å². The molecule has 0 saturated carbocycles. The van der Waals surface area contributed by atoms with Crippen LogP contribution in [0.1, 0.15) is 34.6 Å². The summed E-state index contributed by atoms with van der Waals surface area (Å²) in [5.74, 6) is 0.180. The summed E-state index contributed by atoms with van der Waals surface area (Å²) in [5.41, 5.74) is 0.0167. The lowest BCUT2D eigenvalue weighted by molar-refractivity contribution is -0.130. The summed E-state index contributed by atoms with van der Waals surface area (Å²) in [6.07, 6.45) is 0. The average molecular weight is 186 g/mol. The first-order valence-electron chi connectivity index (χ1n) is 4.93. The highest BCUT2D eigenvalue weighted by molar-refractivity contribution is 5.78. The Balaban J connectivity index is 3.86. The minimum Gasteiger partial charge on any atom is -0.342 e. The molecule has 0 aromatic carbocycles. The zero-order chi connectivity index (χ0) is 10.5. The third-order valence-electron chi connectivity index (χ3n) is 1.89. The maximum atomic E-state index is 11.5. The van der Waals surface area contributed by atoms with Crippen molar-refractivity contribution >= 4 is 5.91 Å². The molecule has 0 aromatic rings. The molecule has 0 heterocycles. The summed E-state index contributed by atoms with van der Waals surface area (Å²) in [5, 5.41) is 3.18. The van der Waals surface area contributed by atoms with Gasteiger partial charge in [0.15, 0.2) is 0 Å². The number of carbonyl (C=O) groups is 1. The molecule has 0 aliphatic rings. The molecule has 0 aliphatic heterocycles. The molecule has 1 N–H and O–H groups in total. The van der Waals surface area contributed by atoms with Crippen LogP contribution in [0.25, 0.3) is 0 Å². The van der Waals surface area contributed by atoms with Crippen molar-refractivity contribution < 1.29 is 4.79 Å². The lowest BCUT2D eigenvalue weighted by atomic mass is 10.1. The summed E-state index contributed by atoms with van der Waals surface area (Å²) in [7, 11) is 0. The predicted octanol–water partition coefficient (Wildman–Crippen LogP) is 1.24. The lowest BCUT2D eigenvalue weighted by Gasteiger charge is -2.24. The molecule has 0 spiro atoms. The highest BCUT2D eigenvalue weighted by atomic mass is 16.2. The Hall–Kier alpha value is -0.570. The van der Waals surface area contributed by atoms with E-state index in [1.54, 1.807) is 0 Å². The standard InChI is InChI=1S/C10H22N2O/c1-6-12(7-2)9(13)8-11-10(3,4)5/h11H,6-8H2,1-5H3. The van der Waals surface area contributed by atoms with E-state index in [9.17, 15) is 4.79 Å². The largest absolute Gasteiger partial charge is 0.342 e. The van der Waals surface area contributed by atoms with Gasteiger partial charge in [0.2, 0.25) is 5.91 Å². The van der Waals surface area contributed by atoms with Crippen LogP contribution < -0.4 is 5.32 Å². The van der Waals surface area contributed by atoms with Crippen LogP contribution in [-0.4, -0.2) is 36.0 Å². The molecule has 3 nitrogen and oxygen atoms in total.